The van der Waals surface area contributed by atoms with Crippen molar-refractivity contribution in [3.8, 4) is 0 Å². The smallest absolute Gasteiger partial charge is 0.550 e. The van der Waals surface area contributed by atoms with Crippen molar-refractivity contribution in [2.24, 2.45) is 0 Å². The Hall–Kier alpha value is -0.910. The van der Waals surface area contributed by atoms with Crippen molar-refractivity contribution in [1.82, 2.24) is 10.3 Å². The molecular formula is C12H15N2NaO3. The van der Waals surface area contributed by atoms with Crippen LogP contribution in [0.2, 0.25) is 0 Å². The van der Waals surface area contributed by atoms with Gasteiger partial charge in [0.2, 0.25) is 0 Å². The van der Waals surface area contributed by atoms with Crippen molar-refractivity contribution in [2.45, 2.75) is 25.7 Å². The summed E-state index contributed by atoms with van der Waals surface area (Å²) in [5.41, 5.74) is 0.530. The van der Waals surface area contributed by atoms with Crippen molar-refractivity contribution in [1.29, 1.82) is 0 Å². The number of carboxylic acids is 1. The molecule has 0 unspecified atom stereocenters. The maximum Gasteiger partial charge on any atom is 1.00 e. The molecule has 0 radical (unpaired) electrons. The van der Waals surface area contributed by atoms with Crippen LogP contribution in [0.4, 0.5) is 0 Å². The zero-order valence-corrected chi connectivity index (χ0v) is 12.5. The number of hydrogen-bond acceptors (Lipinski definition) is 4. The molecule has 1 heterocycles. The molecule has 0 fully saturated rings. The second kappa shape index (κ2) is 10.1. The van der Waals surface area contributed by atoms with E-state index in [1.165, 1.54) is 6.20 Å². The number of carbonyl (C=O) groups excluding carboxylic acids is 2. The molecule has 92 valence electrons. The third kappa shape index (κ3) is 7.42. The summed E-state index contributed by atoms with van der Waals surface area (Å²) in [5.74, 6) is -1.18. The van der Waals surface area contributed by atoms with Gasteiger partial charge in [0.25, 0.3) is 5.91 Å². The summed E-state index contributed by atoms with van der Waals surface area (Å²) in [6, 6.07) is 3.40. The van der Waals surface area contributed by atoms with E-state index >= 15 is 0 Å². The topological polar surface area (TPSA) is 82.1 Å². The zero-order valence-electron chi connectivity index (χ0n) is 10.5. The first-order valence-electron chi connectivity index (χ1n) is 5.58. The van der Waals surface area contributed by atoms with E-state index in [4.69, 9.17) is 0 Å². The Morgan fingerprint density at radius 3 is 2.67 bits per heavy atom. The molecule has 0 aliphatic rings. The van der Waals surface area contributed by atoms with Crippen LogP contribution in [0.1, 0.15) is 36.0 Å². The van der Waals surface area contributed by atoms with Crippen molar-refractivity contribution in [3.05, 3.63) is 30.1 Å². The van der Waals surface area contributed by atoms with Gasteiger partial charge in [-0.15, -0.1) is 0 Å². The second-order valence-corrected chi connectivity index (χ2v) is 3.68. The van der Waals surface area contributed by atoms with Gasteiger partial charge in [-0.25, -0.2) is 0 Å². The molecule has 1 aromatic heterocycles. The molecule has 0 aliphatic heterocycles. The number of amides is 1. The third-order valence-electron chi connectivity index (χ3n) is 2.27. The van der Waals surface area contributed by atoms with Gasteiger partial charge in [0.15, 0.2) is 0 Å². The predicted octanol–water partition coefficient (Wildman–Crippen LogP) is -2.87. The fourth-order valence-corrected chi connectivity index (χ4v) is 1.37. The third-order valence-corrected chi connectivity index (χ3v) is 2.27. The number of pyridine rings is 1. The maximum atomic E-state index is 11.5. The number of nitrogens with one attached hydrogen (secondary N) is 1. The first-order valence-corrected chi connectivity index (χ1v) is 5.58. The number of aliphatic carboxylic acids is 1. The van der Waals surface area contributed by atoms with Crippen molar-refractivity contribution in [2.75, 3.05) is 6.54 Å². The molecule has 0 aromatic carbocycles. The summed E-state index contributed by atoms with van der Waals surface area (Å²) >= 11 is 0. The number of rotatable bonds is 7. The number of hydrogen-bond donors (Lipinski definition) is 1. The SMILES string of the molecule is O=C([O-])CCCCCNC(=O)c1cccnc1.[Na+]. The first-order chi connectivity index (χ1) is 8.20. The van der Waals surface area contributed by atoms with E-state index in [1.807, 2.05) is 0 Å². The molecule has 1 rings (SSSR count). The van der Waals surface area contributed by atoms with Crippen molar-refractivity contribution < 1.29 is 44.3 Å². The Bertz CT molecular complexity index is 371. The molecule has 1 amide bonds. The van der Waals surface area contributed by atoms with Crippen LogP contribution in [0.25, 0.3) is 0 Å². The van der Waals surface area contributed by atoms with E-state index in [9.17, 15) is 14.7 Å². The number of carbonyl (C=O) groups is 2. The molecule has 5 nitrogen and oxygen atoms in total. The standard InChI is InChI=1S/C12H16N2O3.Na/c15-11(16)6-2-1-3-8-14-12(17)10-5-4-7-13-9-10;/h4-5,7,9H,1-3,6,8H2,(H,14,17)(H,15,16);/q;+1/p-1. The van der Waals surface area contributed by atoms with Gasteiger partial charge in [0.05, 0.1) is 5.56 Å². The van der Waals surface area contributed by atoms with Crippen molar-refractivity contribution >= 4 is 11.9 Å². The maximum absolute atomic E-state index is 11.5. The average molecular weight is 258 g/mol. The summed E-state index contributed by atoms with van der Waals surface area (Å²) in [6.07, 6.45) is 5.31. The average Bonchev–Trinajstić information content (AvgIpc) is 2.34. The molecule has 0 aliphatic carbocycles. The fourth-order valence-electron chi connectivity index (χ4n) is 1.37. The summed E-state index contributed by atoms with van der Waals surface area (Å²) in [4.78, 5) is 25.5. The second-order valence-electron chi connectivity index (χ2n) is 3.68. The Labute approximate surface area is 128 Å². The van der Waals surface area contributed by atoms with Crippen LogP contribution in [0, 0.1) is 0 Å². The van der Waals surface area contributed by atoms with E-state index in [0.717, 1.165) is 12.8 Å². The number of aromatic nitrogens is 1. The van der Waals surface area contributed by atoms with Gasteiger partial charge < -0.3 is 15.2 Å². The number of unbranched alkanes of at least 4 members (excludes halogenated alkanes) is 2. The zero-order chi connectivity index (χ0) is 12.5. The summed E-state index contributed by atoms with van der Waals surface area (Å²) < 4.78 is 0. The predicted molar refractivity (Wildman–Crippen MR) is 60.0 cm³/mol. The molecule has 0 spiro atoms. The van der Waals surface area contributed by atoms with Gasteiger partial charge in [-0.2, -0.15) is 0 Å². The van der Waals surface area contributed by atoms with Gasteiger partial charge in [-0.3, -0.25) is 9.78 Å². The van der Waals surface area contributed by atoms with Crippen LogP contribution in [-0.4, -0.2) is 23.4 Å². The van der Waals surface area contributed by atoms with Crippen LogP contribution >= 0.6 is 0 Å². The minimum absolute atomic E-state index is 0. The van der Waals surface area contributed by atoms with E-state index in [0.29, 0.717) is 18.5 Å². The van der Waals surface area contributed by atoms with Crippen LogP contribution < -0.4 is 40.0 Å². The molecule has 0 saturated carbocycles. The van der Waals surface area contributed by atoms with E-state index in [2.05, 4.69) is 10.3 Å². The summed E-state index contributed by atoms with van der Waals surface area (Å²) in [5, 5.41) is 12.9. The quantitative estimate of drug-likeness (QED) is 0.421. The largest absolute Gasteiger partial charge is 1.00 e. The first kappa shape index (κ1) is 17.1. The van der Waals surface area contributed by atoms with Crippen molar-refractivity contribution in [3.63, 3.8) is 0 Å². The van der Waals surface area contributed by atoms with E-state index in [1.54, 1.807) is 18.3 Å². The van der Waals surface area contributed by atoms with Gasteiger partial charge in [-0.1, -0.05) is 6.42 Å². The molecule has 1 aromatic rings. The molecular weight excluding hydrogens is 243 g/mol. The Balaban J connectivity index is 0.00000289. The normalized spacial score (nSPS) is 9.33. The molecule has 1 N–H and O–H groups in total. The molecule has 0 bridgehead atoms. The Morgan fingerprint density at radius 2 is 2.06 bits per heavy atom. The van der Waals surface area contributed by atoms with Gasteiger partial charge in [0, 0.05) is 24.9 Å². The molecule has 0 saturated heterocycles. The van der Waals surface area contributed by atoms with Gasteiger partial charge >= 0.3 is 29.6 Å². The van der Waals surface area contributed by atoms with E-state index in [-0.39, 0.29) is 41.9 Å². The Morgan fingerprint density at radius 1 is 1.28 bits per heavy atom. The number of nitrogens with zero attached hydrogens (tertiary/aromatic N) is 1. The van der Waals surface area contributed by atoms with Crippen LogP contribution in [0.3, 0.4) is 0 Å². The summed E-state index contributed by atoms with van der Waals surface area (Å²) in [7, 11) is 0. The van der Waals surface area contributed by atoms with Gasteiger partial charge in [0.1, 0.15) is 0 Å². The summed E-state index contributed by atoms with van der Waals surface area (Å²) in [6.45, 7) is 0.542. The van der Waals surface area contributed by atoms with Crippen LogP contribution in [-0.2, 0) is 4.79 Å². The number of carboxylic acid groups (broad SMARTS) is 1. The monoisotopic (exact) mass is 258 g/mol. The Kier molecular flexibility index (Phi) is 9.55. The minimum Gasteiger partial charge on any atom is -0.550 e. The van der Waals surface area contributed by atoms with Crippen LogP contribution in [0.15, 0.2) is 24.5 Å². The molecule has 0 atom stereocenters. The fraction of sp³-hybridized carbons (Fsp3) is 0.417. The van der Waals surface area contributed by atoms with E-state index < -0.39 is 5.97 Å². The van der Waals surface area contributed by atoms with Crippen LogP contribution in [0.5, 0.6) is 0 Å². The molecule has 18 heavy (non-hydrogen) atoms. The van der Waals surface area contributed by atoms with Gasteiger partial charge in [-0.05, 0) is 31.4 Å². The molecule has 6 heteroatoms. The minimum atomic E-state index is -1.02.